The number of aldehydes is 1. The van der Waals surface area contributed by atoms with E-state index in [9.17, 15) is 9.18 Å². The van der Waals surface area contributed by atoms with E-state index in [4.69, 9.17) is 10.00 Å². The van der Waals surface area contributed by atoms with Crippen LogP contribution in [-0.2, 0) is 6.61 Å². The number of halogens is 2. The van der Waals surface area contributed by atoms with E-state index in [2.05, 4.69) is 15.9 Å². The van der Waals surface area contributed by atoms with Crippen LogP contribution in [0.25, 0.3) is 0 Å². The Hall–Kier alpha value is -2.19. The second kappa shape index (κ2) is 6.31. The minimum atomic E-state index is -0.548. The summed E-state index contributed by atoms with van der Waals surface area (Å²) >= 11 is 3.31. The summed E-state index contributed by atoms with van der Waals surface area (Å²) in [5.74, 6) is 0.0196. The molecule has 0 fully saturated rings. The Morgan fingerprint density at radius 1 is 1.30 bits per heavy atom. The van der Waals surface area contributed by atoms with Gasteiger partial charge in [0, 0.05) is 5.56 Å². The minimum absolute atomic E-state index is 0.0125. The average molecular weight is 334 g/mol. The maximum atomic E-state index is 13.2. The lowest BCUT2D eigenvalue weighted by Crippen LogP contribution is -1.98. The Kier molecular flexibility index (Phi) is 4.49. The molecule has 0 N–H and O–H groups in total. The predicted octanol–water partition coefficient (Wildman–Crippen LogP) is 3.85. The number of ether oxygens (including phenoxy) is 1. The zero-order valence-corrected chi connectivity index (χ0v) is 11.9. The molecule has 5 heteroatoms. The number of rotatable bonds is 4. The fourth-order valence-electron chi connectivity index (χ4n) is 1.62. The maximum absolute atomic E-state index is 13.2. The van der Waals surface area contributed by atoms with Crippen LogP contribution < -0.4 is 4.74 Å². The summed E-state index contributed by atoms with van der Waals surface area (Å²) in [7, 11) is 0. The van der Waals surface area contributed by atoms with Crippen molar-refractivity contribution in [3.8, 4) is 11.8 Å². The Bertz CT molecular complexity index is 695. The zero-order chi connectivity index (χ0) is 14.5. The summed E-state index contributed by atoms with van der Waals surface area (Å²) < 4.78 is 19.4. The van der Waals surface area contributed by atoms with Crippen LogP contribution in [0.15, 0.2) is 40.9 Å². The van der Waals surface area contributed by atoms with Crippen molar-refractivity contribution in [1.82, 2.24) is 0 Å². The molecule has 0 aliphatic carbocycles. The largest absolute Gasteiger partial charge is 0.488 e. The van der Waals surface area contributed by atoms with Gasteiger partial charge >= 0.3 is 0 Å². The van der Waals surface area contributed by atoms with Crippen LogP contribution in [0, 0.1) is 17.1 Å². The summed E-state index contributed by atoms with van der Waals surface area (Å²) in [5, 5.41) is 8.76. The molecule has 2 rings (SSSR count). The summed E-state index contributed by atoms with van der Waals surface area (Å²) in [4.78, 5) is 10.6. The highest BCUT2D eigenvalue weighted by Gasteiger charge is 2.06. The van der Waals surface area contributed by atoms with Crippen molar-refractivity contribution in [2.75, 3.05) is 0 Å². The van der Waals surface area contributed by atoms with Crippen molar-refractivity contribution in [3.63, 3.8) is 0 Å². The van der Waals surface area contributed by atoms with E-state index in [1.807, 2.05) is 0 Å². The Labute approximate surface area is 123 Å². The molecule has 2 aromatic rings. The third kappa shape index (κ3) is 3.22. The van der Waals surface area contributed by atoms with Crippen molar-refractivity contribution in [3.05, 3.63) is 63.4 Å². The number of nitriles is 1. The first kappa shape index (κ1) is 14.2. The zero-order valence-electron chi connectivity index (χ0n) is 10.3. The summed E-state index contributed by atoms with van der Waals surface area (Å²) in [5.41, 5.74) is 1.22. The molecule has 0 atom stereocenters. The number of hydrogen-bond donors (Lipinski definition) is 0. The van der Waals surface area contributed by atoms with Gasteiger partial charge in [0.05, 0.1) is 10.0 Å². The summed E-state index contributed by atoms with van der Waals surface area (Å²) in [6, 6.07) is 11.0. The third-order valence-corrected chi connectivity index (χ3v) is 3.26. The molecule has 0 aliphatic heterocycles. The van der Waals surface area contributed by atoms with Gasteiger partial charge in [-0.05, 0) is 51.8 Å². The molecule has 0 amide bonds. The highest BCUT2D eigenvalue weighted by Crippen LogP contribution is 2.26. The van der Waals surface area contributed by atoms with Gasteiger partial charge in [0.2, 0.25) is 0 Å². The number of hydrogen-bond acceptors (Lipinski definition) is 3. The van der Waals surface area contributed by atoms with Gasteiger partial charge in [-0.15, -0.1) is 0 Å². The van der Waals surface area contributed by atoms with E-state index in [0.29, 0.717) is 21.3 Å². The first-order valence-electron chi connectivity index (χ1n) is 5.70. The molecule has 0 aliphatic rings. The van der Waals surface area contributed by atoms with Crippen molar-refractivity contribution in [1.29, 1.82) is 5.26 Å². The molecular formula is C15H9BrFNO2. The molecule has 0 radical (unpaired) electrons. The normalized spacial score (nSPS) is 9.85. The molecule has 20 heavy (non-hydrogen) atoms. The van der Waals surface area contributed by atoms with Gasteiger partial charge in [-0.3, -0.25) is 4.79 Å². The number of nitrogens with zero attached hydrogens (tertiary/aromatic N) is 1. The van der Waals surface area contributed by atoms with Gasteiger partial charge in [0.25, 0.3) is 0 Å². The van der Waals surface area contributed by atoms with Gasteiger partial charge in [0.1, 0.15) is 30.5 Å². The van der Waals surface area contributed by atoms with E-state index in [1.54, 1.807) is 30.3 Å². The molecule has 3 nitrogen and oxygen atoms in total. The fourth-order valence-corrected chi connectivity index (χ4v) is 2.13. The van der Waals surface area contributed by atoms with Gasteiger partial charge in [-0.1, -0.05) is 6.07 Å². The topological polar surface area (TPSA) is 50.1 Å². The lowest BCUT2D eigenvalue weighted by atomic mass is 10.1. The van der Waals surface area contributed by atoms with Gasteiger partial charge in [-0.25, -0.2) is 4.39 Å². The Balaban J connectivity index is 2.13. The molecule has 0 heterocycles. The predicted molar refractivity (Wildman–Crippen MR) is 75.0 cm³/mol. The molecule has 0 unspecified atom stereocenters. The highest BCUT2D eigenvalue weighted by atomic mass is 79.9. The number of benzene rings is 2. The van der Waals surface area contributed by atoms with Crippen LogP contribution in [0.2, 0.25) is 0 Å². The third-order valence-electron chi connectivity index (χ3n) is 2.64. The Morgan fingerprint density at radius 3 is 2.75 bits per heavy atom. The maximum Gasteiger partial charge on any atom is 0.150 e. The van der Waals surface area contributed by atoms with E-state index >= 15 is 0 Å². The van der Waals surface area contributed by atoms with E-state index in [1.165, 1.54) is 12.1 Å². The summed E-state index contributed by atoms with van der Waals surface area (Å²) in [6.45, 7) is 0.202. The second-order valence-corrected chi connectivity index (χ2v) is 4.88. The monoisotopic (exact) mass is 333 g/mol. The number of carbonyl (C=O) groups is 1. The standard InChI is InChI=1S/C15H9BrFNO2/c16-13-6-10(8-19)2-4-15(13)20-9-11-1-3-14(17)12(5-11)7-18/h1-6,8H,9H2. The van der Waals surface area contributed by atoms with Gasteiger partial charge in [-0.2, -0.15) is 5.26 Å². The lowest BCUT2D eigenvalue weighted by Gasteiger charge is -2.09. The minimum Gasteiger partial charge on any atom is -0.488 e. The molecule has 0 saturated heterocycles. The van der Waals surface area contributed by atoms with E-state index < -0.39 is 5.82 Å². The van der Waals surface area contributed by atoms with Crippen molar-refractivity contribution in [2.24, 2.45) is 0 Å². The van der Waals surface area contributed by atoms with Crippen molar-refractivity contribution >= 4 is 22.2 Å². The molecule has 0 bridgehead atoms. The fraction of sp³-hybridized carbons (Fsp3) is 0.0667. The SMILES string of the molecule is N#Cc1cc(COc2ccc(C=O)cc2Br)ccc1F. The summed E-state index contributed by atoms with van der Waals surface area (Å²) in [6.07, 6.45) is 0.744. The molecule has 100 valence electrons. The highest BCUT2D eigenvalue weighted by molar-refractivity contribution is 9.10. The smallest absolute Gasteiger partial charge is 0.150 e. The van der Waals surface area contributed by atoms with Crippen LogP contribution >= 0.6 is 15.9 Å². The van der Waals surface area contributed by atoms with Crippen LogP contribution in [0.4, 0.5) is 4.39 Å². The quantitative estimate of drug-likeness (QED) is 0.798. The second-order valence-electron chi connectivity index (χ2n) is 4.02. The van der Waals surface area contributed by atoms with Gasteiger partial charge < -0.3 is 4.74 Å². The molecule has 2 aromatic carbocycles. The number of carbonyl (C=O) groups excluding carboxylic acids is 1. The van der Waals surface area contributed by atoms with Gasteiger partial charge in [0.15, 0.2) is 0 Å². The molecule has 0 aromatic heterocycles. The van der Waals surface area contributed by atoms with E-state index in [0.717, 1.165) is 6.29 Å². The first-order chi connectivity index (χ1) is 9.63. The molecule has 0 spiro atoms. The average Bonchev–Trinajstić information content (AvgIpc) is 2.47. The molecular weight excluding hydrogens is 325 g/mol. The van der Waals surface area contributed by atoms with Crippen molar-refractivity contribution < 1.29 is 13.9 Å². The van der Waals surface area contributed by atoms with Crippen LogP contribution in [0.5, 0.6) is 5.75 Å². The van der Waals surface area contributed by atoms with Crippen LogP contribution in [0.1, 0.15) is 21.5 Å². The van der Waals surface area contributed by atoms with Crippen molar-refractivity contribution in [2.45, 2.75) is 6.61 Å². The van der Waals surface area contributed by atoms with E-state index in [-0.39, 0.29) is 12.2 Å². The van der Waals surface area contributed by atoms with Crippen LogP contribution in [0.3, 0.4) is 0 Å². The van der Waals surface area contributed by atoms with Crippen LogP contribution in [-0.4, -0.2) is 6.29 Å². The Morgan fingerprint density at radius 2 is 2.10 bits per heavy atom. The first-order valence-corrected chi connectivity index (χ1v) is 6.49. The lowest BCUT2D eigenvalue weighted by molar-refractivity contribution is 0.112. The molecule has 0 saturated carbocycles.